The second kappa shape index (κ2) is 8.08. The highest BCUT2D eigenvalue weighted by atomic mass is 32.2. The SMILES string of the molecule is CC1(C)CCC[C@H]1n1c(=O)c(F)nc2cnc(NC3CCN(S(C)(=O)=O)CC3)c(C#N)c21. The van der Waals surface area contributed by atoms with E-state index in [9.17, 15) is 22.9 Å². The van der Waals surface area contributed by atoms with E-state index in [0.29, 0.717) is 43.7 Å². The summed E-state index contributed by atoms with van der Waals surface area (Å²) in [5.41, 5.74) is -0.441. The number of hydrogen-bond donors (Lipinski definition) is 1. The molecule has 1 N–H and O–H groups in total. The van der Waals surface area contributed by atoms with Crippen LogP contribution in [-0.2, 0) is 10.0 Å². The van der Waals surface area contributed by atoms with E-state index in [-0.39, 0.29) is 28.6 Å². The lowest BCUT2D eigenvalue weighted by Crippen LogP contribution is -2.42. The van der Waals surface area contributed by atoms with Crippen LogP contribution < -0.4 is 10.9 Å². The Bertz CT molecular complexity index is 1260. The Morgan fingerprint density at radius 1 is 1.28 bits per heavy atom. The fourth-order valence-corrected chi connectivity index (χ4v) is 5.87. The first kappa shape index (κ1) is 22.6. The lowest BCUT2D eigenvalue weighted by molar-refractivity contribution is 0.258. The van der Waals surface area contributed by atoms with Crippen LogP contribution in [0.2, 0.25) is 0 Å². The second-order valence-corrected chi connectivity index (χ2v) is 11.4. The van der Waals surface area contributed by atoms with Gasteiger partial charge in [-0.1, -0.05) is 20.3 Å². The van der Waals surface area contributed by atoms with Gasteiger partial charge in [0.25, 0.3) is 5.95 Å². The Morgan fingerprint density at radius 2 is 1.97 bits per heavy atom. The number of nitrogens with zero attached hydrogens (tertiary/aromatic N) is 5. The van der Waals surface area contributed by atoms with E-state index >= 15 is 0 Å². The van der Waals surface area contributed by atoms with E-state index in [1.807, 2.05) is 13.8 Å². The highest BCUT2D eigenvalue weighted by molar-refractivity contribution is 7.88. The molecular formula is C21H27FN6O3S. The maximum absolute atomic E-state index is 14.4. The average molecular weight is 463 g/mol. The van der Waals surface area contributed by atoms with Gasteiger partial charge in [-0.05, 0) is 31.1 Å². The van der Waals surface area contributed by atoms with E-state index in [1.165, 1.54) is 21.3 Å². The predicted molar refractivity (Wildman–Crippen MR) is 118 cm³/mol. The molecule has 3 heterocycles. The third kappa shape index (κ3) is 3.97. The van der Waals surface area contributed by atoms with Crippen molar-refractivity contribution in [1.82, 2.24) is 18.8 Å². The molecule has 2 aliphatic rings. The van der Waals surface area contributed by atoms with Crippen molar-refractivity contribution in [3.05, 3.63) is 28.1 Å². The third-order valence-electron chi connectivity index (χ3n) is 6.77. The van der Waals surface area contributed by atoms with Crippen LogP contribution in [0.1, 0.15) is 57.6 Å². The van der Waals surface area contributed by atoms with Crippen LogP contribution in [0.3, 0.4) is 0 Å². The van der Waals surface area contributed by atoms with E-state index in [0.717, 1.165) is 12.8 Å². The number of rotatable bonds is 4. The fraction of sp³-hybridized carbons (Fsp3) is 0.619. The van der Waals surface area contributed by atoms with Crippen molar-refractivity contribution in [3.8, 4) is 6.07 Å². The smallest absolute Gasteiger partial charge is 0.306 e. The van der Waals surface area contributed by atoms with Gasteiger partial charge in [-0.15, -0.1) is 0 Å². The number of pyridine rings is 1. The monoisotopic (exact) mass is 462 g/mol. The van der Waals surface area contributed by atoms with Crippen molar-refractivity contribution in [2.24, 2.45) is 5.41 Å². The second-order valence-electron chi connectivity index (χ2n) is 9.38. The molecule has 1 aliphatic heterocycles. The van der Waals surface area contributed by atoms with Crippen molar-refractivity contribution in [3.63, 3.8) is 0 Å². The minimum absolute atomic E-state index is 0.0819. The van der Waals surface area contributed by atoms with Crippen molar-refractivity contribution < 1.29 is 12.8 Å². The van der Waals surface area contributed by atoms with Crippen LogP contribution in [0.5, 0.6) is 0 Å². The van der Waals surface area contributed by atoms with E-state index in [2.05, 4.69) is 21.4 Å². The number of anilines is 1. The van der Waals surface area contributed by atoms with Crippen molar-refractivity contribution >= 4 is 26.9 Å². The summed E-state index contributed by atoms with van der Waals surface area (Å²) in [6.07, 6.45) is 6.20. The van der Waals surface area contributed by atoms with Crippen LogP contribution in [0.15, 0.2) is 11.0 Å². The Labute approximate surface area is 186 Å². The van der Waals surface area contributed by atoms with Crippen LogP contribution in [0.4, 0.5) is 10.2 Å². The Balaban J connectivity index is 1.77. The summed E-state index contributed by atoms with van der Waals surface area (Å²) in [6.45, 7) is 4.84. The largest absolute Gasteiger partial charge is 0.366 e. The molecule has 1 saturated carbocycles. The average Bonchev–Trinajstić information content (AvgIpc) is 3.07. The first-order valence-corrected chi connectivity index (χ1v) is 12.6. The van der Waals surface area contributed by atoms with Crippen LogP contribution >= 0.6 is 0 Å². The summed E-state index contributed by atoms with van der Waals surface area (Å²) in [5, 5.41) is 13.2. The number of fused-ring (bicyclic) bond motifs is 1. The molecule has 32 heavy (non-hydrogen) atoms. The molecule has 0 aromatic carbocycles. The molecule has 2 aromatic rings. The Hall–Kier alpha value is -2.58. The van der Waals surface area contributed by atoms with Gasteiger partial charge in [-0.25, -0.2) is 22.7 Å². The zero-order valence-electron chi connectivity index (χ0n) is 18.4. The molecule has 0 unspecified atom stereocenters. The molecule has 1 aliphatic carbocycles. The lowest BCUT2D eigenvalue weighted by Gasteiger charge is -2.32. The van der Waals surface area contributed by atoms with E-state index in [4.69, 9.17) is 0 Å². The number of hydrogen-bond acceptors (Lipinski definition) is 7. The summed E-state index contributed by atoms with van der Waals surface area (Å²) >= 11 is 0. The topological polar surface area (TPSA) is 121 Å². The van der Waals surface area contributed by atoms with Crippen molar-refractivity contribution in [2.45, 2.75) is 58.0 Å². The van der Waals surface area contributed by atoms with Crippen molar-refractivity contribution in [2.75, 3.05) is 24.7 Å². The van der Waals surface area contributed by atoms with Gasteiger partial charge < -0.3 is 5.32 Å². The molecule has 2 aromatic heterocycles. The maximum atomic E-state index is 14.4. The molecule has 0 radical (unpaired) electrons. The molecule has 11 heteroatoms. The molecular weight excluding hydrogens is 435 g/mol. The molecule has 1 atom stereocenters. The van der Waals surface area contributed by atoms with Crippen LogP contribution in [0, 0.1) is 22.7 Å². The Kier molecular flexibility index (Phi) is 5.71. The first-order valence-electron chi connectivity index (χ1n) is 10.8. The Morgan fingerprint density at radius 3 is 2.53 bits per heavy atom. The summed E-state index contributed by atoms with van der Waals surface area (Å²) in [5.74, 6) is -0.796. The van der Waals surface area contributed by atoms with Gasteiger partial charge in [0.1, 0.15) is 23.0 Å². The number of halogens is 1. The number of nitriles is 1. The van der Waals surface area contributed by atoms with Crippen molar-refractivity contribution in [1.29, 1.82) is 5.26 Å². The van der Waals surface area contributed by atoms with Gasteiger partial charge in [0.2, 0.25) is 10.0 Å². The quantitative estimate of drug-likeness (QED) is 0.740. The van der Waals surface area contributed by atoms with Gasteiger partial charge in [-0.3, -0.25) is 9.36 Å². The van der Waals surface area contributed by atoms with Gasteiger partial charge in [0, 0.05) is 25.2 Å². The van der Waals surface area contributed by atoms with Gasteiger partial charge in [0.05, 0.1) is 18.0 Å². The van der Waals surface area contributed by atoms with Crippen LogP contribution in [-0.4, -0.2) is 52.6 Å². The van der Waals surface area contributed by atoms with E-state index in [1.54, 1.807) is 0 Å². The molecule has 1 saturated heterocycles. The number of aromatic nitrogens is 3. The summed E-state index contributed by atoms with van der Waals surface area (Å²) in [4.78, 5) is 20.9. The minimum Gasteiger partial charge on any atom is -0.366 e. The van der Waals surface area contributed by atoms with Gasteiger partial charge in [0.15, 0.2) is 0 Å². The standard InChI is InChI=1S/C21H27FN6O3S/c1-21(2)8-4-5-16(21)28-17-14(11-23)19(24-12-15(17)26-18(22)20(28)29)25-13-6-9-27(10-7-13)32(3,30)31/h12-13,16H,4-10H2,1-3H3,(H,24,25)/t16-/m1/s1. The van der Waals surface area contributed by atoms with E-state index < -0.39 is 21.5 Å². The van der Waals surface area contributed by atoms with Crippen LogP contribution in [0.25, 0.3) is 11.0 Å². The number of nitrogens with one attached hydrogen (secondary N) is 1. The predicted octanol–water partition coefficient (Wildman–Crippen LogP) is 2.39. The molecule has 4 rings (SSSR count). The summed E-state index contributed by atoms with van der Waals surface area (Å²) in [6, 6.07) is 1.81. The maximum Gasteiger partial charge on any atom is 0.306 e. The van der Waals surface area contributed by atoms with Gasteiger partial charge in [-0.2, -0.15) is 9.65 Å². The molecule has 172 valence electrons. The lowest BCUT2D eigenvalue weighted by atomic mass is 9.87. The molecule has 2 fully saturated rings. The normalized spacial score (nSPS) is 22.2. The highest BCUT2D eigenvalue weighted by Gasteiger charge is 2.38. The molecule has 0 amide bonds. The zero-order chi connectivity index (χ0) is 23.3. The molecule has 9 nitrogen and oxygen atoms in total. The highest BCUT2D eigenvalue weighted by Crippen LogP contribution is 2.46. The molecule has 0 bridgehead atoms. The summed E-state index contributed by atoms with van der Waals surface area (Å²) < 4.78 is 40.8. The third-order valence-corrected chi connectivity index (χ3v) is 8.08. The minimum atomic E-state index is -3.24. The number of piperidine rings is 1. The summed E-state index contributed by atoms with van der Waals surface area (Å²) in [7, 11) is -3.24. The number of sulfonamides is 1. The first-order chi connectivity index (χ1) is 15.0. The fourth-order valence-electron chi connectivity index (χ4n) is 5.00. The van der Waals surface area contributed by atoms with Gasteiger partial charge >= 0.3 is 5.56 Å². The molecule has 0 spiro atoms. The zero-order valence-corrected chi connectivity index (χ0v) is 19.2.